The monoisotopic (exact) mass is 543 g/mol. The Morgan fingerprint density at radius 1 is 0.854 bits per heavy atom. The normalized spacial score (nSPS) is 13.5. The predicted molar refractivity (Wildman–Crippen MR) is 163 cm³/mol. The standard InChI is InChI=1S/C35H33N3O3/c1-24-19-28-9-2-3-10-32(28)36-34(24)27-11-13-29(14-12-27)38(35(41)31-16-15-30(39)21-33(31)40)23-26-8-6-7-25(20-26)22-37-17-4-5-18-37/h2-3,6-16,19-21,39-40H,4-5,17-18,22-23H2,1H3. The van der Waals surface area contributed by atoms with E-state index in [1.54, 1.807) is 4.90 Å². The van der Waals surface area contributed by atoms with Gasteiger partial charge >= 0.3 is 0 Å². The molecule has 6 rings (SSSR count). The Kier molecular flexibility index (Phi) is 7.40. The van der Waals surface area contributed by atoms with Crippen molar-refractivity contribution in [1.29, 1.82) is 0 Å². The van der Waals surface area contributed by atoms with Gasteiger partial charge in [-0.05, 0) is 85.9 Å². The molecule has 2 heterocycles. The lowest BCUT2D eigenvalue weighted by Crippen LogP contribution is -2.30. The minimum absolute atomic E-state index is 0.0946. The molecule has 1 aliphatic rings. The Morgan fingerprint density at radius 3 is 2.39 bits per heavy atom. The SMILES string of the molecule is Cc1cc2ccccc2nc1-c1ccc(N(Cc2cccc(CN3CCCC3)c2)C(=O)c2ccc(O)cc2O)cc1. The molecule has 0 saturated carbocycles. The van der Waals surface area contributed by atoms with Crippen molar-refractivity contribution in [3.8, 4) is 22.8 Å². The van der Waals surface area contributed by atoms with Crippen LogP contribution >= 0.6 is 0 Å². The van der Waals surface area contributed by atoms with E-state index in [-0.39, 0.29) is 23.0 Å². The lowest BCUT2D eigenvalue weighted by atomic mass is 10.0. The third-order valence-corrected chi connectivity index (χ3v) is 7.76. The summed E-state index contributed by atoms with van der Waals surface area (Å²) in [5.74, 6) is -0.696. The van der Waals surface area contributed by atoms with Crippen LogP contribution in [0.3, 0.4) is 0 Å². The minimum atomic E-state index is -0.347. The Balaban J connectivity index is 1.34. The van der Waals surface area contributed by atoms with Crippen molar-refractivity contribution in [2.75, 3.05) is 18.0 Å². The highest BCUT2D eigenvalue weighted by molar-refractivity contribution is 6.08. The maximum Gasteiger partial charge on any atom is 0.262 e. The number of fused-ring (bicyclic) bond motifs is 1. The summed E-state index contributed by atoms with van der Waals surface area (Å²) in [7, 11) is 0. The molecule has 0 aliphatic carbocycles. The topological polar surface area (TPSA) is 76.9 Å². The van der Waals surface area contributed by atoms with Crippen LogP contribution in [0.4, 0.5) is 5.69 Å². The van der Waals surface area contributed by atoms with E-state index in [2.05, 4.69) is 36.1 Å². The van der Waals surface area contributed by atoms with E-state index in [0.717, 1.165) is 52.9 Å². The number of benzene rings is 4. The minimum Gasteiger partial charge on any atom is -0.508 e. The van der Waals surface area contributed by atoms with E-state index < -0.39 is 0 Å². The molecule has 0 bridgehead atoms. The van der Waals surface area contributed by atoms with Crippen LogP contribution in [-0.4, -0.2) is 39.1 Å². The molecular formula is C35H33N3O3. The Bertz CT molecular complexity index is 1710. The molecule has 5 aromatic rings. The highest BCUT2D eigenvalue weighted by atomic mass is 16.3. The number of rotatable bonds is 7. The Hall–Kier alpha value is -4.68. The molecule has 1 aromatic heterocycles. The number of phenolic OH excluding ortho intramolecular Hbond substituents is 2. The molecule has 1 aliphatic heterocycles. The first-order valence-electron chi connectivity index (χ1n) is 14.1. The van der Waals surface area contributed by atoms with E-state index in [1.165, 1.54) is 36.6 Å². The van der Waals surface area contributed by atoms with E-state index in [0.29, 0.717) is 12.2 Å². The molecule has 6 nitrogen and oxygen atoms in total. The zero-order valence-electron chi connectivity index (χ0n) is 23.1. The van der Waals surface area contributed by atoms with Crippen molar-refractivity contribution in [2.24, 2.45) is 0 Å². The van der Waals surface area contributed by atoms with Crippen LogP contribution in [0.15, 0.2) is 97.1 Å². The maximum atomic E-state index is 13.9. The van der Waals surface area contributed by atoms with Gasteiger partial charge in [-0.25, -0.2) is 4.98 Å². The number of anilines is 1. The Labute approximate surface area is 240 Å². The molecular weight excluding hydrogens is 510 g/mol. The van der Waals surface area contributed by atoms with Crippen molar-refractivity contribution in [2.45, 2.75) is 32.9 Å². The fraction of sp³-hybridized carbons (Fsp3) is 0.200. The number of para-hydroxylation sites is 1. The predicted octanol–water partition coefficient (Wildman–Crippen LogP) is 7.06. The summed E-state index contributed by atoms with van der Waals surface area (Å²) in [5, 5.41) is 21.4. The zero-order chi connectivity index (χ0) is 28.3. The highest BCUT2D eigenvalue weighted by Crippen LogP contribution is 2.31. The van der Waals surface area contributed by atoms with E-state index in [9.17, 15) is 15.0 Å². The van der Waals surface area contributed by atoms with E-state index >= 15 is 0 Å². The van der Waals surface area contributed by atoms with Crippen molar-refractivity contribution in [1.82, 2.24) is 9.88 Å². The van der Waals surface area contributed by atoms with Gasteiger partial charge in [0.1, 0.15) is 11.5 Å². The summed E-state index contributed by atoms with van der Waals surface area (Å²) in [6.07, 6.45) is 2.48. The third-order valence-electron chi connectivity index (χ3n) is 7.76. The number of aromatic nitrogens is 1. The number of nitrogens with zero attached hydrogens (tertiary/aromatic N) is 3. The molecule has 0 unspecified atom stereocenters. The molecule has 0 radical (unpaired) electrons. The molecule has 4 aromatic carbocycles. The lowest BCUT2D eigenvalue weighted by molar-refractivity contribution is 0.0982. The first kappa shape index (κ1) is 26.5. The first-order valence-corrected chi connectivity index (χ1v) is 14.1. The molecule has 2 N–H and O–H groups in total. The van der Waals surface area contributed by atoms with Gasteiger partial charge in [-0.2, -0.15) is 0 Å². The molecule has 1 saturated heterocycles. The van der Waals surface area contributed by atoms with Crippen LogP contribution in [-0.2, 0) is 13.1 Å². The number of pyridine rings is 1. The molecule has 41 heavy (non-hydrogen) atoms. The van der Waals surface area contributed by atoms with Crippen LogP contribution in [0.1, 0.15) is 39.9 Å². The molecule has 1 amide bonds. The van der Waals surface area contributed by atoms with E-state index in [4.69, 9.17) is 4.98 Å². The fourth-order valence-electron chi connectivity index (χ4n) is 5.65. The van der Waals surface area contributed by atoms with Gasteiger partial charge in [-0.3, -0.25) is 9.69 Å². The number of carbonyl (C=O) groups is 1. The number of aryl methyl sites for hydroxylation is 1. The van der Waals surface area contributed by atoms with E-state index in [1.807, 2.05) is 54.6 Å². The van der Waals surface area contributed by atoms with Gasteiger partial charge < -0.3 is 15.1 Å². The van der Waals surface area contributed by atoms with Crippen LogP contribution in [0.25, 0.3) is 22.2 Å². The largest absolute Gasteiger partial charge is 0.508 e. The number of carbonyl (C=O) groups excluding carboxylic acids is 1. The second-order valence-electron chi connectivity index (χ2n) is 10.8. The zero-order valence-corrected chi connectivity index (χ0v) is 23.1. The average Bonchev–Trinajstić information content (AvgIpc) is 3.49. The number of hydrogen-bond donors (Lipinski definition) is 2. The van der Waals surface area contributed by atoms with Crippen molar-refractivity contribution in [3.05, 3.63) is 119 Å². The van der Waals surface area contributed by atoms with Crippen molar-refractivity contribution in [3.63, 3.8) is 0 Å². The van der Waals surface area contributed by atoms with Gasteiger partial charge in [0.05, 0.1) is 23.3 Å². The van der Waals surface area contributed by atoms with Crippen molar-refractivity contribution >= 4 is 22.5 Å². The number of amides is 1. The van der Waals surface area contributed by atoms with Crippen LogP contribution in [0, 0.1) is 6.92 Å². The van der Waals surface area contributed by atoms with Crippen molar-refractivity contribution < 1.29 is 15.0 Å². The summed E-state index contributed by atoms with van der Waals surface area (Å²) in [6, 6.07) is 30.5. The van der Waals surface area contributed by atoms with Crippen LogP contribution in [0.5, 0.6) is 11.5 Å². The van der Waals surface area contributed by atoms with Gasteiger partial charge in [0.2, 0.25) is 0 Å². The molecule has 1 fully saturated rings. The number of aromatic hydroxyl groups is 2. The summed E-state index contributed by atoms with van der Waals surface area (Å²) in [5.41, 5.74) is 6.94. The lowest BCUT2D eigenvalue weighted by Gasteiger charge is -2.24. The summed E-state index contributed by atoms with van der Waals surface area (Å²) < 4.78 is 0. The fourth-order valence-corrected chi connectivity index (χ4v) is 5.65. The number of phenols is 2. The summed E-state index contributed by atoms with van der Waals surface area (Å²) >= 11 is 0. The van der Waals surface area contributed by atoms with Gasteiger partial charge in [0.25, 0.3) is 5.91 Å². The second kappa shape index (κ2) is 11.4. The van der Waals surface area contributed by atoms with Crippen LogP contribution in [0.2, 0.25) is 0 Å². The number of likely N-dealkylation sites (tertiary alicyclic amines) is 1. The van der Waals surface area contributed by atoms with Gasteiger partial charge in [0, 0.05) is 29.2 Å². The Morgan fingerprint density at radius 2 is 1.61 bits per heavy atom. The van der Waals surface area contributed by atoms with Crippen LogP contribution < -0.4 is 4.90 Å². The summed E-state index contributed by atoms with van der Waals surface area (Å²) in [6.45, 7) is 5.52. The highest BCUT2D eigenvalue weighted by Gasteiger charge is 2.22. The second-order valence-corrected chi connectivity index (χ2v) is 10.8. The third kappa shape index (κ3) is 5.79. The first-order chi connectivity index (χ1) is 19.9. The maximum absolute atomic E-state index is 13.9. The quantitative estimate of drug-likeness (QED) is 0.230. The molecule has 6 heteroatoms. The molecule has 206 valence electrons. The number of hydrogen-bond acceptors (Lipinski definition) is 5. The van der Waals surface area contributed by atoms with Gasteiger partial charge in [-0.15, -0.1) is 0 Å². The summed E-state index contributed by atoms with van der Waals surface area (Å²) in [4.78, 5) is 22.9. The molecule has 0 atom stereocenters. The van der Waals surface area contributed by atoms with Gasteiger partial charge in [0.15, 0.2) is 0 Å². The smallest absolute Gasteiger partial charge is 0.262 e. The molecule has 0 spiro atoms. The van der Waals surface area contributed by atoms with Gasteiger partial charge in [-0.1, -0.05) is 54.6 Å². The average molecular weight is 544 g/mol.